The maximum atomic E-state index is 10.7. The highest BCUT2D eigenvalue weighted by molar-refractivity contribution is 5.84. The lowest BCUT2D eigenvalue weighted by atomic mass is 10.0. The Bertz CT molecular complexity index is 391. The smallest absolute Gasteiger partial charge is 0.356 e. The highest BCUT2D eigenvalue weighted by Gasteiger charge is 2.22. The first-order valence-electron chi connectivity index (χ1n) is 6.04. The second-order valence-corrected chi connectivity index (χ2v) is 4.32. The van der Waals surface area contributed by atoms with E-state index in [9.17, 15) is 4.79 Å². The van der Waals surface area contributed by atoms with Gasteiger partial charge in [-0.25, -0.2) is 14.8 Å². The number of nitrogens with zero attached hydrogens (tertiary/aromatic N) is 3. The van der Waals surface area contributed by atoms with Gasteiger partial charge in [-0.05, 0) is 25.7 Å². The standard InChI is InChI=1S/C12H17N3O2/c1-2-9-5-3-4-6-15(9)11-8-13-10(7-14-11)12(16)17/h7-9H,2-6H2,1H3,(H,16,17). The zero-order chi connectivity index (χ0) is 12.3. The minimum Gasteiger partial charge on any atom is -0.476 e. The Morgan fingerprint density at radius 1 is 1.47 bits per heavy atom. The molecule has 1 atom stereocenters. The van der Waals surface area contributed by atoms with E-state index < -0.39 is 5.97 Å². The van der Waals surface area contributed by atoms with Crippen LogP contribution in [0.5, 0.6) is 0 Å². The zero-order valence-corrected chi connectivity index (χ0v) is 9.96. The number of carboxylic acid groups (broad SMARTS) is 1. The minimum atomic E-state index is -1.03. The summed E-state index contributed by atoms with van der Waals surface area (Å²) in [5, 5.41) is 8.77. The second kappa shape index (κ2) is 5.12. The quantitative estimate of drug-likeness (QED) is 0.867. The summed E-state index contributed by atoms with van der Waals surface area (Å²) >= 11 is 0. The average molecular weight is 235 g/mol. The number of hydrogen-bond acceptors (Lipinski definition) is 4. The zero-order valence-electron chi connectivity index (χ0n) is 9.96. The van der Waals surface area contributed by atoms with E-state index in [1.54, 1.807) is 6.20 Å². The van der Waals surface area contributed by atoms with Crippen LogP contribution in [0.3, 0.4) is 0 Å². The van der Waals surface area contributed by atoms with E-state index in [-0.39, 0.29) is 5.69 Å². The molecule has 0 bridgehead atoms. The first-order valence-corrected chi connectivity index (χ1v) is 6.04. The molecular formula is C12H17N3O2. The van der Waals surface area contributed by atoms with Crippen LogP contribution in [-0.4, -0.2) is 33.6 Å². The molecule has 1 fully saturated rings. The molecule has 1 aliphatic rings. The van der Waals surface area contributed by atoms with E-state index in [4.69, 9.17) is 5.11 Å². The molecule has 0 saturated carbocycles. The Balaban J connectivity index is 2.17. The monoisotopic (exact) mass is 235 g/mol. The van der Waals surface area contributed by atoms with Crippen molar-refractivity contribution >= 4 is 11.8 Å². The Hall–Kier alpha value is -1.65. The van der Waals surface area contributed by atoms with Gasteiger partial charge in [0.2, 0.25) is 0 Å². The molecule has 0 amide bonds. The molecule has 5 heteroatoms. The third-order valence-corrected chi connectivity index (χ3v) is 3.25. The van der Waals surface area contributed by atoms with E-state index in [1.165, 1.54) is 25.5 Å². The highest BCUT2D eigenvalue weighted by Crippen LogP contribution is 2.24. The van der Waals surface area contributed by atoms with Crippen LogP contribution >= 0.6 is 0 Å². The van der Waals surface area contributed by atoms with Gasteiger partial charge in [0.1, 0.15) is 5.82 Å². The summed E-state index contributed by atoms with van der Waals surface area (Å²) in [6, 6.07) is 0.508. The average Bonchev–Trinajstić information content (AvgIpc) is 2.39. The fraction of sp³-hybridized carbons (Fsp3) is 0.583. The maximum absolute atomic E-state index is 10.7. The van der Waals surface area contributed by atoms with Crippen molar-refractivity contribution in [2.75, 3.05) is 11.4 Å². The molecular weight excluding hydrogens is 218 g/mol. The molecule has 5 nitrogen and oxygen atoms in total. The van der Waals surface area contributed by atoms with Gasteiger partial charge in [0.15, 0.2) is 5.69 Å². The topological polar surface area (TPSA) is 66.3 Å². The lowest BCUT2D eigenvalue weighted by Crippen LogP contribution is -2.39. The molecule has 1 aromatic heterocycles. The van der Waals surface area contributed by atoms with E-state index in [0.717, 1.165) is 18.8 Å². The fourth-order valence-corrected chi connectivity index (χ4v) is 2.31. The molecule has 2 rings (SSSR count). The number of carbonyl (C=O) groups is 1. The van der Waals surface area contributed by atoms with Crippen molar-refractivity contribution in [1.82, 2.24) is 9.97 Å². The summed E-state index contributed by atoms with van der Waals surface area (Å²) in [4.78, 5) is 21.1. The molecule has 2 heterocycles. The predicted molar refractivity (Wildman–Crippen MR) is 64.3 cm³/mol. The van der Waals surface area contributed by atoms with Crippen molar-refractivity contribution < 1.29 is 9.90 Å². The fourth-order valence-electron chi connectivity index (χ4n) is 2.31. The van der Waals surface area contributed by atoms with E-state index in [1.807, 2.05) is 0 Å². The van der Waals surface area contributed by atoms with Crippen LogP contribution in [0.4, 0.5) is 5.82 Å². The third-order valence-electron chi connectivity index (χ3n) is 3.25. The predicted octanol–water partition coefficient (Wildman–Crippen LogP) is 1.94. The molecule has 1 unspecified atom stereocenters. The third kappa shape index (κ3) is 2.54. The molecule has 0 aromatic carbocycles. The van der Waals surface area contributed by atoms with Crippen LogP contribution in [0.1, 0.15) is 43.1 Å². The molecule has 1 N–H and O–H groups in total. The van der Waals surface area contributed by atoms with Gasteiger partial charge in [0.25, 0.3) is 0 Å². The van der Waals surface area contributed by atoms with Gasteiger partial charge < -0.3 is 10.0 Å². The van der Waals surface area contributed by atoms with Crippen molar-refractivity contribution in [2.45, 2.75) is 38.6 Å². The molecule has 0 aliphatic carbocycles. The van der Waals surface area contributed by atoms with E-state index >= 15 is 0 Å². The number of piperidine rings is 1. The van der Waals surface area contributed by atoms with Gasteiger partial charge in [0, 0.05) is 12.6 Å². The number of anilines is 1. The lowest BCUT2D eigenvalue weighted by molar-refractivity contribution is 0.0690. The lowest BCUT2D eigenvalue weighted by Gasteiger charge is -2.35. The molecule has 0 radical (unpaired) electrons. The van der Waals surface area contributed by atoms with Crippen LogP contribution in [0.2, 0.25) is 0 Å². The molecule has 1 aliphatic heterocycles. The van der Waals surface area contributed by atoms with Crippen LogP contribution in [0.15, 0.2) is 12.4 Å². The SMILES string of the molecule is CCC1CCCCN1c1cnc(C(=O)O)cn1. The van der Waals surface area contributed by atoms with Gasteiger partial charge in [-0.15, -0.1) is 0 Å². The van der Waals surface area contributed by atoms with Gasteiger partial charge in [-0.1, -0.05) is 6.92 Å². The largest absolute Gasteiger partial charge is 0.476 e. The summed E-state index contributed by atoms with van der Waals surface area (Å²) in [7, 11) is 0. The van der Waals surface area contributed by atoms with Gasteiger partial charge in [-0.3, -0.25) is 0 Å². The first kappa shape index (κ1) is 11.8. The molecule has 1 saturated heterocycles. The normalized spacial score (nSPS) is 20.3. The summed E-state index contributed by atoms with van der Waals surface area (Å²) < 4.78 is 0. The van der Waals surface area contributed by atoms with Crippen LogP contribution in [0.25, 0.3) is 0 Å². The summed E-state index contributed by atoms with van der Waals surface area (Å²) in [6.07, 6.45) is 7.59. The highest BCUT2D eigenvalue weighted by atomic mass is 16.4. The Morgan fingerprint density at radius 3 is 2.88 bits per heavy atom. The van der Waals surface area contributed by atoms with Crippen LogP contribution in [-0.2, 0) is 0 Å². The van der Waals surface area contributed by atoms with E-state index in [2.05, 4.69) is 21.8 Å². The van der Waals surface area contributed by atoms with Crippen molar-refractivity contribution in [1.29, 1.82) is 0 Å². The minimum absolute atomic E-state index is 0.00110. The number of aromatic nitrogens is 2. The summed E-state index contributed by atoms with van der Waals surface area (Å²) in [5.74, 6) is -0.240. The van der Waals surface area contributed by atoms with Gasteiger partial charge in [0.05, 0.1) is 12.4 Å². The number of aromatic carboxylic acids is 1. The molecule has 1 aromatic rings. The Kier molecular flexibility index (Phi) is 3.56. The maximum Gasteiger partial charge on any atom is 0.356 e. The van der Waals surface area contributed by atoms with Crippen LogP contribution in [0, 0.1) is 0 Å². The Morgan fingerprint density at radius 2 is 2.29 bits per heavy atom. The number of carboxylic acids is 1. The van der Waals surface area contributed by atoms with Crippen molar-refractivity contribution in [3.05, 3.63) is 18.1 Å². The first-order chi connectivity index (χ1) is 8.22. The van der Waals surface area contributed by atoms with Crippen molar-refractivity contribution in [2.24, 2.45) is 0 Å². The second-order valence-electron chi connectivity index (χ2n) is 4.32. The molecule has 17 heavy (non-hydrogen) atoms. The summed E-state index contributed by atoms with van der Waals surface area (Å²) in [6.45, 7) is 3.15. The molecule has 92 valence electrons. The van der Waals surface area contributed by atoms with Gasteiger partial charge >= 0.3 is 5.97 Å². The van der Waals surface area contributed by atoms with Crippen molar-refractivity contribution in [3.8, 4) is 0 Å². The Labute approximate surface area is 100 Å². The van der Waals surface area contributed by atoms with Crippen molar-refractivity contribution in [3.63, 3.8) is 0 Å². The molecule has 0 spiro atoms. The number of hydrogen-bond donors (Lipinski definition) is 1. The number of rotatable bonds is 3. The van der Waals surface area contributed by atoms with Gasteiger partial charge in [-0.2, -0.15) is 0 Å². The summed E-state index contributed by atoms with van der Waals surface area (Å²) in [5.41, 5.74) is -0.00110. The van der Waals surface area contributed by atoms with E-state index in [0.29, 0.717) is 6.04 Å². The van der Waals surface area contributed by atoms with Crippen LogP contribution < -0.4 is 4.90 Å².